The Kier molecular flexibility index (Phi) is 6.55. The Morgan fingerprint density at radius 2 is 1.97 bits per heavy atom. The fourth-order valence-corrected chi connectivity index (χ4v) is 5.32. The van der Waals surface area contributed by atoms with Crippen molar-refractivity contribution in [2.24, 2.45) is 0 Å². The van der Waals surface area contributed by atoms with Gasteiger partial charge in [-0.1, -0.05) is 31.4 Å². The predicted octanol–water partition coefficient (Wildman–Crippen LogP) is 3.82. The number of aryl methyl sites for hydroxylation is 2. The van der Waals surface area contributed by atoms with Gasteiger partial charge in [0, 0.05) is 25.3 Å². The summed E-state index contributed by atoms with van der Waals surface area (Å²) in [6.45, 7) is 6.85. The molecule has 2 aliphatic rings. The van der Waals surface area contributed by atoms with Crippen LogP contribution in [0.2, 0.25) is 0 Å². The van der Waals surface area contributed by atoms with Gasteiger partial charge < -0.3 is 9.72 Å². The van der Waals surface area contributed by atoms with Crippen molar-refractivity contribution in [1.29, 1.82) is 0 Å². The number of aromatic nitrogens is 5. The second-order valence-electron chi connectivity index (χ2n) is 9.73. The van der Waals surface area contributed by atoms with Gasteiger partial charge in [-0.25, -0.2) is 4.68 Å². The first-order chi connectivity index (χ1) is 16.1. The SMILES string of the molecule is Cc1ccc2cc(CN(Cc3nnnn3C3CCCCC3)C[C@@H]3CCCO3)c(=O)[nH]c2c1C. The zero-order valence-corrected chi connectivity index (χ0v) is 19.7. The Bertz CT molecular complexity index is 1160. The molecule has 0 radical (unpaired) electrons. The molecule has 3 heterocycles. The molecule has 176 valence electrons. The molecule has 2 fully saturated rings. The maximum absolute atomic E-state index is 13.0. The maximum atomic E-state index is 13.0. The summed E-state index contributed by atoms with van der Waals surface area (Å²) in [4.78, 5) is 18.4. The Morgan fingerprint density at radius 3 is 2.76 bits per heavy atom. The van der Waals surface area contributed by atoms with Gasteiger partial charge >= 0.3 is 0 Å². The lowest BCUT2D eigenvalue weighted by atomic mass is 9.95. The van der Waals surface area contributed by atoms with Crippen molar-refractivity contribution in [1.82, 2.24) is 30.1 Å². The molecule has 1 aliphatic heterocycles. The van der Waals surface area contributed by atoms with Gasteiger partial charge in [-0.3, -0.25) is 9.69 Å². The average molecular weight is 451 g/mol. The number of hydrogen-bond acceptors (Lipinski definition) is 6. The number of nitrogens with zero attached hydrogens (tertiary/aromatic N) is 5. The van der Waals surface area contributed by atoms with Crippen LogP contribution >= 0.6 is 0 Å². The van der Waals surface area contributed by atoms with E-state index in [2.05, 4.69) is 51.4 Å². The van der Waals surface area contributed by atoms with Crippen molar-refractivity contribution >= 4 is 10.9 Å². The third-order valence-corrected chi connectivity index (χ3v) is 7.35. The minimum Gasteiger partial charge on any atom is -0.377 e. The number of fused-ring (bicyclic) bond motifs is 1. The fourth-order valence-electron chi connectivity index (χ4n) is 5.32. The molecule has 1 N–H and O–H groups in total. The Labute approximate surface area is 194 Å². The van der Waals surface area contributed by atoms with E-state index in [1.165, 1.54) is 24.8 Å². The van der Waals surface area contributed by atoms with Crippen LogP contribution in [0, 0.1) is 13.8 Å². The summed E-state index contributed by atoms with van der Waals surface area (Å²) in [6.07, 6.45) is 8.35. The molecule has 1 aliphatic carbocycles. The average Bonchev–Trinajstić information content (AvgIpc) is 3.50. The van der Waals surface area contributed by atoms with Crippen LogP contribution in [0.4, 0.5) is 0 Å². The lowest BCUT2D eigenvalue weighted by Crippen LogP contribution is -2.34. The molecular formula is C25H34N6O2. The first kappa shape index (κ1) is 22.2. The van der Waals surface area contributed by atoms with Gasteiger partial charge in [-0.15, -0.1) is 5.10 Å². The molecule has 3 aromatic rings. The van der Waals surface area contributed by atoms with Crippen LogP contribution in [0.5, 0.6) is 0 Å². The van der Waals surface area contributed by atoms with Crippen molar-refractivity contribution in [3.05, 3.63) is 51.1 Å². The molecule has 1 atom stereocenters. The molecular weight excluding hydrogens is 416 g/mol. The van der Waals surface area contributed by atoms with Crippen LogP contribution in [-0.2, 0) is 17.8 Å². The van der Waals surface area contributed by atoms with Crippen LogP contribution in [0.25, 0.3) is 10.9 Å². The van der Waals surface area contributed by atoms with Crippen LogP contribution in [0.1, 0.15) is 73.5 Å². The van der Waals surface area contributed by atoms with Crippen LogP contribution in [0.15, 0.2) is 23.0 Å². The number of nitrogens with one attached hydrogen (secondary N) is 1. The van der Waals surface area contributed by atoms with E-state index >= 15 is 0 Å². The smallest absolute Gasteiger partial charge is 0.252 e. The first-order valence-electron chi connectivity index (χ1n) is 12.3. The second kappa shape index (κ2) is 9.73. The molecule has 1 aromatic carbocycles. The summed E-state index contributed by atoms with van der Waals surface area (Å²) in [7, 11) is 0. The zero-order chi connectivity index (χ0) is 22.8. The van der Waals surface area contributed by atoms with Gasteiger partial charge in [0.25, 0.3) is 5.56 Å². The highest BCUT2D eigenvalue weighted by atomic mass is 16.5. The summed E-state index contributed by atoms with van der Waals surface area (Å²) < 4.78 is 7.96. The molecule has 0 bridgehead atoms. The first-order valence-corrected chi connectivity index (χ1v) is 12.3. The number of pyridine rings is 1. The third kappa shape index (κ3) is 4.87. The number of hydrogen-bond donors (Lipinski definition) is 1. The number of tetrazole rings is 1. The predicted molar refractivity (Wildman–Crippen MR) is 127 cm³/mol. The number of benzene rings is 1. The molecule has 33 heavy (non-hydrogen) atoms. The second-order valence-corrected chi connectivity index (χ2v) is 9.73. The Morgan fingerprint density at radius 1 is 1.12 bits per heavy atom. The molecule has 2 aromatic heterocycles. The van der Waals surface area contributed by atoms with E-state index in [0.717, 1.165) is 66.7 Å². The standard InChI is InChI=1S/C25H34N6O2/c1-17-10-11-19-13-20(25(32)26-24(19)18(17)2)14-30(15-22-9-6-12-33-22)16-23-27-28-29-31(23)21-7-4-3-5-8-21/h10-11,13,21-22H,3-9,12,14-16H2,1-2H3,(H,26,32)/t22-/m0/s1. The number of rotatable bonds is 7. The van der Waals surface area contributed by atoms with Gasteiger partial charge in [0.2, 0.25) is 0 Å². The van der Waals surface area contributed by atoms with Gasteiger partial charge in [-0.05, 0) is 72.5 Å². The summed E-state index contributed by atoms with van der Waals surface area (Å²) in [5, 5.41) is 13.8. The minimum absolute atomic E-state index is 0.0274. The van der Waals surface area contributed by atoms with Gasteiger partial charge in [0.05, 0.1) is 24.2 Å². The minimum atomic E-state index is -0.0274. The largest absolute Gasteiger partial charge is 0.377 e. The molecule has 1 saturated carbocycles. The number of H-pyrrole nitrogens is 1. The molecule has 5 rings (SSSR count). The third-order valence-electron chi connectivity index (χ3n) is 7.35. The molecule has 1 saturated heterocycles. The molecule has 0 spiro atoms. The van der Waals surface area contributed by atoms with E-state index < -0.39 is 0 Å². The van der Waals surface area contributed by atoms with Crippen molar-refractivity contribution in [2.75, 3.05) is 13.2 Å². The van der Waals surface area contributed by atoms with E-state index in [4.69, 9.17) is 4.74 Å². The zero-order valence-electron chi connectivity index (χ0n) is 19.7. The maximum Gasteiger partial charge on any atom is 0.252 e. The Hall–Kier alpha value is -2.58. The van der Waals surface area contributed by atoms with Crippen LogP contribution in [0.3, 0.4) is 0 Å². The quantitative estimate of drug-likeness (QED) is 0.589. The van der Waals surface area contributed by atoms with Crippen molar-refractivity contribution in [2.45, 2.75) is 84.0 Å². The fraction of sp³-hybridized carbons (Fsp3) is 0.600. The highest BCUT2D eigenvalue weighted by Crippen LogP contribution is 2.28. The van der Waals surface area contributed by atoms with Crippen molar-refractivity contribution < 1.29 is 4.74 Å². The summed E-state index contributed by atoms with van der Waals surface area (Å²) in [5.41, 5.74) is 3.97. The lowest BCUT2D eigenvalue weighted by molar-refractivity contribution is 0.0659. The van der Waals surface area contributed by atoms with Gasteiger partial charge in [0.15, 0.2) is 5.82 Å². The van der Waals surface area contributed by atoms with E-state index in [1.807, 2.05) is 10.7 Å². The van der Waals surface area contributed by atoms with E-state index in [0.29, 0.717) is 19.1 Å². The monoisotopic (exact) mass is 450 g/mol. The number of aromatic amines is 1. The topological polar surface area (TPSA) is 88.9 Å². The highest BCUT2D eigenvalue weighted by molar-refractivity contribution is 5.83. The van der Waals surface area contributed by atoms with E-state index in [-0.39, 0.29) is 11.7 Å². The van der Waals surface area contributed by atoms with Crippen LogP contribution < -0.4 is 5.56 Å². The van der Waals surface area contributed by atoms with Crippen molar-refractivity contribution in [3.63, 3.8) is 0 Å². The lowest BCUT2D eigenvalue weighted by Gasteiger charge is -2.27. The normalized spacial score (nSPS) is 19.7. The van der Waals surface area contributed by atoms with Gasteiger partial charge in [0.1, 0.15) is 0 Å². The Balaban J connectivity index is 1.42. The summed E-state index contributed by atoms with van der Waals surface area (Å²) in [5.74, 6) is 0.878. The summed E-state index contributed by atoms with van der Waals surface area (Å²) >= 11 is 0. The van der Waals surface area contributed by atoms with Crippen LogP contribution in [-0.4, -0.2) is 49.3 Å². The van der Waals surface area contributed by atoms with Crippen molar-refractivity contribution in [3.8, 4) is 0 Å². The van der Waals surface area contributed by atoms with E-state index in [1.54, 1.807) is 0 Å². The molecule has 0 amide bonds. The van der Waals surface area contributed by atoms with Gasteiger partial charge in [-0.2, -0.15) is 0 Å². The summed E-state index contributed by atoms with van der Waals surface area (Å²) in [6, 6.07) is 6.62. The number of ether oxygens (including phenoxy) is 1. The van der Waals surface area contributed by atoms with E-state index in [9.17, 15) is 4.79 Å². The molecule has 8 heteroatoms. The molecule has 8 nitrogen and oxygen atoms in total. The molecule has 0 unspecified atom stereocenters. The highest BCUT2D eigenvalue weighted by Gasteiger charge is 2.25.